The molecule has 0 saturated carbocycles. The molecule has 2 saturated heterocycles. The molecule has 0 radical (unpaired) electrons. The highest BCUT2D eigenvalue weighted by molar-refractivity contribution is 7.89. The quantitative estimate of drug-likeness (QED) is 0.603. The van der Waals surface area contributed by atoms with Crippen LogP contribution in [0.2, 0.25) is 0 Å². The summed E-state index contributed by atoms with van der Waals surface area (Å²) < 4.78 is 26.8. The smallest absolute Gasteiger partial charge is 0.325 e. The second kappa shape index (κ2) is 9.35. The average Bonchev–Trinajstić information content (AvgIpc) is 2.99. The van der Waals surface area contributed by atoms with Crippen LogP contribution in [0.15, 0.2) is 35.2 Å². The number of carbonyl (C=O) groups excluding carboxylic acids is 3. The van der Waals surface area contributed by atoms with Crippen LogP contribution in [-0.4, -0.2) is 78.6 Å². The van der Waals surface area contributed by atoms with Crippen molar-refractivity contribution < 1.29 is 22.8 Å². The van der Waals surface area contributed by atoms with E-state index < -0.39 is 21.6 Å². The highest BCUT2D eigenvalue weighted by atomic mass is 32.2. The minimum absolute atomic E-state index is 0.165. The number of amides is 4. The zero-order valence-electron chi connectivity index (χ0n) is 18.0. The fourth-order valence-corrected chi connectivity index (χ4v) is 5.74. The van der Waals surface area contributed by atoms with Crippen molar-refractivity contribution in [2.45, 2.75) is 50.0 Å². The van der Waals surface area contributed by atoms with Gasteiger partial charge >= 0.3 is 6.03 Å². The fourth-order valence-electron chi connectivity index (χ4n) is 4.29. The molecule has 9 nitrogen and oxygen atoms in total. The lowest BCUT2D eigenvalue weighted by atomic mass is 9.88. The third kappa shape index (κ3) is 4.59. The van der Waals surface area contributed by atoms with Gasteiger partial charge in [-0.25, -0.2) is 13.2 Å². The van der Waals surface area contributed by atoms with Crippen LogP contribution in [0.1, 0.15) is 39.5 Å². The topological polar surface area (TPSA) is 107 Å². The van der Waals surface area contributed by atoms with Crippen LogP contribution in [0.3, 0.4) is 0 Å². The van der Waals surface area contributed by atoms with E-state index in [4.69, 9.17) is 0 Å². The molecule has 2 aliphatic rings. The summed E-state index contributed by atoms with van der Waals surface area (Å²) in [6.45, 7) is 4.33. The fraction of sp³-hybridized carbons (Fsp3) is 0.571. The van der Waals surface area contributed by atoms with Crippen LogP contribution in [0.5, 0.6) is 0 Å². The second-order valence-electron chi connectivity index (χ2n) is 8.00. The Morgan fingerprint density at radius 2 is 1.58 bits per heavy atom. The molecule has 2 aliphatic heterocycles. The van der Waals surface area contributed by atoms with Crippen LogP contribution in [0.4, 0.5) is 4.79 Å². The van der Waals surface area contributed by atoms with Gasteiger partial charge in [-0.15, -0.1) is 0 Å². The van der Waals surface area contributed by atoms with E-state index in [9.17, 15) is 22.8 Å². The Kier molecular flexibility index (Phi) is 7.00. The molecule has 1 aromatic rings. The van der Waals surface area contributed by atoms with Crippen LogP contribution in [-0.2, 0) is 19.6 Å². The molecule has 0 atom stereocenters. The molecular weight excluding hydrogens is 420 g/mol. The Balaban J connectivity index is 1.61. The number of nitrogens with zero attached hydrogens (tertiary/aromatic N) is 3. The number of carbonyl (C=O) groups is 3. The van der Waals surface area contributed by atoms with E-state index in [-0.39, 0.29) is 49.4 Å². The Hall–Kier alpha value is -2.46. The van der Waals surface area contributed by atoms with Gasteiger partial charge < -0.3 is 10.2 Å². The molecule has 0 bridgehead atoms. The maximum absolute atomic E-state index is 13.0. The van der Waals surface area contributed by atoms with Crippen molar-refractivity contribution in [1.82, 2.24) is 19.4 Å². The predicted octanol–water partition coefficient (Wildman–Crippen LogP) is 1.41. The van der Waals surface area contributed by atoms with E-state index in [1.54, 1.807) is 30.3 Å². The van der Waals surface area contributed by atoms with Crippen LogP contribution < -0.4 is 5.32 Å². The van der Waals surface area contributed by atoms with Gasteiger partial charge in [-0.3, -0.25) is 14.5 Å². The Bertz CT molecular complexity index is 920. The number of nitrogens with one attached hydrogen (secondary N) is 1. The van der Waals surface area contributed by atoms with E-state index in [2.05, 4.69) is 5.32 Å². The molecule has 0 aromatic heterocycles. The van der Waals surface area contributed by atoms with Crippen molar-refractivity contribution in [2.75, 3.05) is 32.7 Å². The predicted molar refractivity (Wildman–Crippen MR) is 115 cm³/mol. The van der Waals surface area contributed by atoms with E-state index >= 15 is 0 Å². The standard InChI is InChI=1S/C21H30N4O5S/c1-3-10-21(11-4-2)19(27)25(20(28)22-21)16-18(26)23-12-14-24(15-13-23)31(29,30)17-8-6-5-7-9-17/h5-9H,3-4,10-16H2,1-2H3,(H,22,28). The minimum atomic E-state index is -3.61. The number of rotatable bonds is 8. The normalized spacial score (nSPS) is 19.5. The molecule has 31 heavy (non-hydrogen) atoms. The first-order valence-corrected chi connectivity index (χ1v) is 12.2. The Morgan fingerprint density at radius 1 is 1.00 bits per heavy atom. The molecule has 170 valence electrons. The van der Waals surface area contributed by atoms with Crippen molar-refractivity contribution in [2.24, 2.45) is 0 Å². The molecule has 0 unspecified atom stereocenters. The molecule has 0 spiro atoms. The van der Waals surface area contributed by atoms with Crippen molar-refractivity contribution in [1.29, 1.82) is 0 Å². The molecule has 2 fully saturated rings. The van der Waals surface area contributed by atoms with Crippen molar-refractivity contribution >= 4 is 27.9 Å². The molecule has 1 N–H and O–H groups in total. The third-order valence-electron chi connectivity index (χ3n) is 5.87. The molecule has 2 heterocycles. The minimum Gasteiger partial charge on any atom is -0.338 e. The number of piperazine rings is 1. The van der Waals surface area contributed by atoms with Gasteiger partial charge in [-0.05, 0) is 25.0 Å². The Labute approximate surface area is 183 Å². The summed E-state index contributed by atoms with van der Waals surface area (Å²) in [6, 6.07) is 7.64. The van der Waals surface area contributed by atoms with Gasteiger partial charge in [0.15, 0.2) is 0 Å². The van der Waals surface area contributed by atoms with Gasteiger partial charge in [-0.1, -0.05) is 44.9 Å². The number of sulfonamides is 1. The monoisotopic (exact) mass is 450 g/mol. The third-order valence-corrected chi connectivity index (χ3v) is 7.78. The van der Waals surface area contributed by atoms with Crippen LogP contribution in [0, 0.1) is 0 Å². The lowest BCUT2D eigenvalue weighted by molar-refractivity contribution is -0.139. The van der Waals surface area contributed by atoms with E-state index in [1.807, 2.05) is 13.8 Å². The largest absolute Gasteiger partial charge is 0.338 e. The number of urea groups is 1. The first kappa shape index (κ1) is 23.2. The van der Waals surface area contributed by atoms with E-state index in [1.165, 1.54) is 9.21 Å². The zero-order chi connectivity index (χ0) is 22.6. The van der Waals surface area contributed by atoms with Crippen molar-refractivity contribution in [3.05, 3.63) is 30.3 Å². The summed E-state index contributed by atoms with van der Waals surface area (Å²) in [5, 5.41) is 2.80. The molecule has 4 amide bonds. The molecular formula is C21H30N4O5S. The van der Waals surface area contributed by atoms with Crippen molar-refractivity contribution in [3.8, 4) is 0 Å². The summed E-state index contributed by atoms with van der Waals surface area (Å²) in [5.74, 6) is -0.705. The zero-order valence-corrected chi connectivity index (χ0v) is 18.9. The first-order chi connectivity index (χ1) is 14.7. The van der Waals surface area contributed by atoms with Gasteiger partial charge in [0.2, 0.25) is 15.9 Å². The SMILES string of the molecule is CCCC1(CCC)NC(=O)N(CC(=O)N2CCN(S(=O)(=O)c3ccccc3)CC2)C1=O. The average molecular weight is 451 g/mol. The summed E-state index contributed by atoms with van der Waals surface area (Å²) >= 11 is 0. The lowest BCUT2D eigenvalue weighted by Gasteiger charge is -2.34. The summed E-state index contributed by atoms with van der Waals surface area (Å²) in [6.07, 6.45) is 2.55. The number of hydrogen-bond donors (Lipinski definition) is 1. The van der Waals surface area contributed by atoms with Gasteiger partial charge in [0.05, 0.1) is 4.90 Å². The molecule has 0 aliphatic carbocycles. The van der Waals surface area contributed by atoms with E-state index in [0.29, 0.717) is 12.8 Å². The van der Waals surface area contributed by atoms with Gasteiger partial charge in [0.25, 0.3) is 5.91 Å². The molecule has 3 rings (SSSR count). The maximum atomic E-state index is 13.0. The van der Waals surface area contributed by atoms with Gasteiger partial charge in [-0.2, -0.15) is 4.31 Å². The van der Waals surface area contributed by atoms with Crippen molar-refractivity contribution in [3.63, 3.8) is 0 Å². The van der Waals surface area contributed by atoms with Gasteiger partial charge in [0.1, 0.15) is 12.1 Å². The van der Waals surface area contributed by atoms with Gasteiger partial charge in [0, 0.05) is 26.2 Å². The number of hydrogen-bond acceptors (Lipinski definition) is 5. The second-order valence-corrected chi connectivity index (χ2v) is 9.94. The lowest BCUT2D eigenvalue weighted by Crippen LogP contribution is -2.53. The van der Waals surface area contributed by atoms with Crippen LogP contribution >= 0.6 is 0 Å². The highest BCUT2D eigenvalue weighted by Gasteiger charge is 2.50. The molecule has 1 aromatic carbocycles. The highest BCUT2D eigenvalue weighted by Crippen LogP contribution is 2.28. The summed E-state index contributed by atoms with van der Waals surface area (Å²) in [5.41, 5.74) is -0.927. The van der Waals surface area contributed by atoms with E-state index in [0.717, 1.165) is 17.7 Å². The number of imide groups is 1. The summed E-state index contributed by atoms with van der Waals surface area (Å²) in [7, 11) is -3.61. The first-order valence-electron chi connectivity index (χ1n) is 10.7. The summed E-state index contributed by atoms with van der Waals surface area (Å²) in [4.78, 5) is 40.9. The maximum Gasteiger partial charge on any atom is 0.325 e. The Morgan fingerprint density at radius 3 is 2.13 bits per heavy atom. The molecule has 10 heteroatoms. The van der Waals surface area contributed by atoms with Crippen LogP contribution in [0.25, 0.3) is 0 Å². The number of benzene rings is 1.